The summed E-state index contributed by atoms with van der Waals surface area (Å²) in [6.07, 6.45) is 1.94. The predicted molar refractivity (Wildman–Crippen MR) is 55.1 cm³/mol. The Morgan fingerprint density at radius 1 is 1.31 bits per heavy atom. The van der Waals surface area contributed by atoms with Gasteiger partial charge in [-0.15, -0.1) is 10.2 Å². The highest BCUT2D eigenvalue weighted by Crippen LogP contribution is 2.26. The van der Waals surface area contributed by atoms with Crippen molar-refractivity contribution in [2.24, 2.45) is 0 Å². The summed E-state index contributed by atoms with van der Waals surface area (Å²) < 4.78 is 7.28. The molecule has 1 aromatic heterocycles. The van der Waals surface area contributed by atoms with Crippen LogP contribution in [0.5, 0.6) is 0 Å². The molecule has 2 aliphatic heterocycles. The summed E-state index contributed by atoms with van der Waals surface area (Å²) in [6, 6.07) is 0. The molecule has 1 N–H and O–H groups in total. The molecule has 0 spiro atoms. The highest BCUT2D eigenvalue weighted by Gasteiger charge is 2.27. The van der Waals surface area contributed by atoms with E-state index in [2.05, 4.69) is 15.5 Å². The van der Waals surface area contributed by atoms with E-state index in [4.69, 9.17) is 4.74 Å². The quantitative estimate of drug-likeness (QED) is 0.721. The van der Waals surface area contributed by atoms with Crippen LogP contribution < -0.4 is 5.32 Å². The zero-order chi connectivity index (χ0) is 11.0. The summed E-state index contributed by atoms with van der Waals surface area (Å²) in [6.45, 7) is 3.00. The van der Waals surface area contributed by atoms with E-state index in [1.165, 1.54) is 0 Å². The lowest BCUT2D eigenvalue weighted by Gasteiger charge is -2.23. The highest BCUT2D eigenvalue weighted by molar-refractivity contribution is 5.91. The minimum atomic E-state index is -0.114. The van der Waals surface area contributed by atoms with Gasteiger partial charge in [-0.25, -0.2) is 0 Å². The number of ether oxygens (including phenoxy) is 1. The van der Waals surface area contributed by atoms with Gasteiger partial charge in [0.05, 0.1) is 0 Å². The largest absolute Gasteiger partial charge is 0.381 e. The minimum absolute atomic E-state index is 0.114. The van der Waals surface area contributed by atoms with Crippen molar-refractivity contribution in [3.05, 3.63) is 11.6 Å². The molecule has 0 radical (unpaired) electrons. The maximum atomic E-state index is 11.5. The average Bonchev–Trinajstić information content (AvgIpc) is 2.75. The van der Waals surface area contributed by atoms with E-state index in [1.54, 1.807) is 0 Å². The first-order chi connectivity index (χ1) is 7.86. The molecular formula is C10H14N4O2. The number of hydrogen-bond donors (Lipinski definition) is 1. The van der Waals surface area contributed by atoms with Gasteiger partial charge < -0.3 is 14.6 Å². The standard InChI is InChI=1S/C10H14N4O2/c15-10-9-13-12-8(14(9)4-3-11-10)7-1-5-16-6-2-7/h7H,1-6H2,(H,11,15). The van der Waals surface area contributed by atoms with E-state index in [0.717, 1.165) is 38.4 Å². The normalized spacial score (nSPS) is 21.6. The van der Waals surface area contributed by atoms with Crippen LogP contribution in [0.2, 0.25) is 0 Å². The van der Waals surface area contributed by atoms with E-state index in [1.807, 2.05) is 4.57 Å². The topological polar surface area (TPSA) is 69.0 Å². The fraction of sp³-hybridized carbons (Fsp3) is 0.700. The van der Waals surface area contributed by atoms with Gasteiger partial charge >= 0.3 is 0 Å². The third-order valence-electron chi connectivity index (χ3n) is 3.19. The molecule has 0 bridgehead atoms. The van der Waals surface area contributed by atoms with Gasteiger partial charge in [0.15, 0.2) is 0 Å². The predicted octanol–water partition coefficient (Wildman–Crippen LogP) is -0.0845. The van der Waals surface area contributed by atoms with E-state index in [9.17, 15) is 4.79 Å². The van der Waals surface area contributed by atoms with Crippen molar-refractivity contribution in [1.82, 2.24) is 20.1 Å². The smallest absolute Gasteiger partial charge is 0.289 e. The first-order valence-corrected chi connectivity index (χ1v) is 5.65. The number of amides is 1. The van der Waals surface area contributed by atoms with Crippen LogP contribution in [-0.4, -0.2) is 40.4 Å². The maximum Gasteiger partial charge on any atom is 0.289 e. The molecular weight excluding hydrogens is 208 g/mol. The van der Waals surface area contributed by atoms with E-state index in [0.29, 0.717) is 18.3 Å². The Morgan fingerprint density at radius 2 is 2.12 bits per heavy atom. The lowest BCUT2D eigenvalue weighted by molar-refractivity contribution is 0.0821. The molecule has 0 atom stereocenters. The zero-order valence-corrected chi connectivity index (χ0v) is 8.98. The van der Waals surface area contributed by atoms with Gasteiger partial charge in [-0.05, 0) is 12.8 Å². The van der Waals surface area contributed by atoms with Crippen LogP contribution in [0.1, 0.15) is 35.2 Å². The van der Waals surface area contributed by atoms with Crippen molar-refractivity contribution < 1.29 is 9.53 Å². The number of carbonyl (C=O) groups is 1. The van der Waals surface area contributed by atoms with Crippen molar-refractivity contribution in [2.75, 3.05) is 19.8 Å². The highest BCUT2D eigenvalue weighted by atomic mass is 16.5. The Bertz CT molecular complexity index is 409. The third-order valence-corrected chi connectivity index (χ3v) is 3.19. The molecule has 6 nitrogen and oxygen atoms in total. The molecule has 16 heavy (non-hydrogen) atoms. The minimum Gasteiger partial charge on any atom is -0.381 e. The third kappa shape index (κ3) is 1.49. The molecule has 0 aromatic carbocycles. The fourth-order valence-electron chi connectivity index (χ4n) is 2.32. The molecule has 0 unspecified atom stereocenters. The fourth-order valence-corrected chi connectivity index (χ4v) is 2.32. The maximum absolute atomic E-state index is 11.5. The lowest BCUT2D eigenvalue weighted by Crippen LogP contribution is -2.36. The molecule has 3 rings (SSSR count). The van der Waals surface area contributed by atoms with E-state index >= 15 is 0 Å². The van der Waals surface area contributed by atoms with Crippen LogP contribution in [0.25, 0.3) is 0 Å². The van der Waals surface area contributed by atoms with Gasteiger partial charge in [-0.3, -0.25) is 4.79 Å². The number of carbonyl (C=O) groups excluding carboxylic acids is 1. The number of aromatic nitrogens is 3. The summed E-state index contributed by atoms with van der Waals surface area (Å²) in [5.41, 5.74) is 0. The molecule has 0 saturated carbocycles. The van der Waals surface area contributed by atoms with Gasteiger partial charge in [0.25, 0.3) is 5.91 Å². The second-order valence-electron chi connectivity index (χ2n) is 4.18. The Kier molecular flexibility index (Phi) is 2.36. The molecule has 1 fully saturated rings. The van der Waals surface area contributed by atoms with Gasteiger partial charge in [-0.1, -0.05) is 0 Å². The monoisotopic (exact) mass is 222 g/mol. The number of nitrogens with zero attached hydrogens (tertiary/aromatic N) is 3. The van der Waals surface area contributed by atoms with Gasteiger partial charge in [0.1, 0.15) is 5.82 Å². The number of nitrogens with one attached hydrogen (secondary N) is 1. The summed E-state index contributed by atoms with van der Waals surface area (Å²) in [4.78, 5) is 11.5. The second-order valence-corrected chi connectivity index (χ2v) is 4.18. The van der Waals surface area contributed by atoms with Crippen molar-refractivity contribution in [3.63, 3.8) is 0 Å². The average molecular weight is 222 g/mol. The second kappa shape index (κ2) is 3.86. The van der Waals surface area contributed by atoms with Crippen LogP contribution in [0.4, 0.5) is 0 Å². The SMILES string of the molecule is O=C1NCCn2c1nnc2C1CCOCC1. The Labute approximate surface area is 93.0 Å². The molecule has 2 aliphatic rings. The van der Waals surface area contributed by atoms with Gasteiger partial charge in [-0.2, -0.15) is 0 Å². The van der Waals surface area contributed by atoms with Crippen molar-refractivity contribution >= 4 is 5.91 Å². The summed E-state index contributed by atoms with van der Waals surface area (Å²) >= 11 is 0. The Hall–Kier alpha value is -1.43. The van der Waals surface area contributed by atoms with E-state index < -0.39 is 0 Å². The first kappa shape index (κ1) is 9.77. The summed E-state index contributed by atoms with van der Waals surface area (Å²) in [5, 5.41) is 10.9. The Balaban J connectivity index is 1.92. The molecule has 0 aliphatic carbocycles. The number of fused-ring (bicyclic) bond motifs is 1. The van der Waals surface area contributed by atoms with Crippen molar-refractivity contribution in [3.8, 4) is 0 Å². The molecule has 3 heterocycles. The lowest BCUT2D eigenvalue weighted by atomic mass is 9.99. The molecule has 1 amide bonds. The molecule has 1 aromatic rings. The molecule has 1 saturated heterocycles. The summed E-state index contributed by atoms with van der Waals surface area (Å²) in [5.74, 6) is 1.68. The van der Waals surface area contributed by atoms with Crippen LogP contribution in [0.15, 0.2) is 0 Å². The van der Waals surface area contributed by atoms with Crippen molar-refractivity contribution in [2.45, 2.75) is 25.3 Å². The van der Waals surface area contributed by atoms with Crippen molar-refractivity contribution in [1.29, 1.82) is 0 Å². The van der Waals surface area contributed by atoms with Gasteiger partial charge in [0.2, 0.25) is 5.82 Å². The van der Waals surface area contributed by atoms with Crippen LogP contribution in [0.3, 0.4) is 0 Å². The van der Waals surface area contributed by atoms with Crippen LogP contribution >= 0.6 is 0 Å². The first-order valence-electron chi connectivity index (χ1n) is 5.65. The van der Waals surface area contributed by atoms with E-state index in [-0.39, 0.29) is 5.91 Å². The number of hydrogen-bond acceptors (Lipinski definition) is 4. The van der Waals surface area contributed by atoms with Crippen LogP contribution in [-0.2, 0) is 11.3 Å². The molecule has 6 heteroatoms. The molecule has 86 valence electrons. The number of rotatable bonds is 1. The zero-order valence-electron chi connectivity index (χ0n) is 8.98. The van der Waals surface area contributed by atoms with Gasteiger partial charge in [0, 0.05) is 32.2 Å². The summed E-state index contributed by atoms with van der Waals surface area (Å²) in [7, 11) is 0. The Morgan fingerprint density at radius 3 is 2.94 bits per heavy atom. The van der Waals surface area contributed by atoms with Crippen LogP contribution in [0, 0.1) is 0 Å².